The van der Waals surface area contributed by atoms with Crippen LogP contribution < -0.4 is 15.4 Å². The van der Waals surface area contributed by atoms with Gasteiger partial charge in [0, 0.05) is 12.1 Å². The summed E-state index contributed by atoms with van der Waals surface area (Å²) in [6.45, 7) is 2.31. The van der Waals surface area contributed by atoms with E-state index in [1.54, 1.807) is 13.8 Å². The summed E-state index contributed by atoms with van der Waals surface area (Å²) in [7, 11) is -3.43. The topological polar surface area (TPSA) is 145 Å². The first-order valence-corrected chi connectivity index (χ1v) is 7.23. The third-order valence-electron chi connectivity index (χ3n) is 1.94. The average molecular weight is 297 g/mol. The van der Waals surface area contributed by atoms with Gasteiger partial charge in [-0.25, -0.2) is 22.7 Å². The Morgan fingerprint density at radius 3 is 2.21 bits per heavy atom. The summed E-state index contributed by atoms with van der Waals surface area (Å²) in [5.74, 6) is -1.37. The molecular weight excluding hydrogens is 278 g/mol. The third kappa shape index (κ3) is 8.35. The molecule has 0 aromatic carbocycles. The van der Waals surface area contributed by atoms with Crippen molar-refractivity contribution in [1.82, 2.24) is 15.4 Å². The van der Waals surface area contributed by atoms with Crippen LogP contribution in [0.1, 0.15) is 13.8 Å². The molecule has 112 valence electrons. The molecule has 0 saturated heterocycles. The number of urea groups is 1. The van der Waals surface area contributed by atoms with E-state index in [1.807, 2.05) is 5.32 Å². The highest BCUT2D eigenvalue weighted by Gasteiger charge is 2.24. The van der Waals surface area contributed by atoms with Crippen LogP contribution in [-0.4, -0.2) is 61.6 Å². The molecule has 0 aliphatic heterocycles. The molecule has 19 heavy (non-hydrogen) atoms. The van der Waals surface area contributed by atoms with E-state index in [-0.39, 0.29) is 6.54 Å². The lowest BCUT2D eigenvalue weighted by Gasteiger charge is -2.25. The number of rotatable bonds is 7. The number of sulfonamides is 1. The van der Waals surface area contributed by atoms with E-state index in [1.165, 1.54) is 0 Å². The van der Waals surface area contributed by atoms with E-state index in [0.29, 0.717) is 0 Å². The zero-order valence-electron chi connectivity index (χ0n) is 10.9. The molecule has 2 amide bonds. The van der Waals surface area contributed by atoms with Crippen molar-refractivity contribution in [2.24, 2.45) is 0 Å². The molecule has 9 nitrogen and oxygen atoms in total. The van der Waals surface area contributed by atoms with Gasteiger partial charge in [-0.1, -0.05) is 0 Å². The first kappa shape index (κ1) is 17.6. The van der Waals surface area contributed by atoms with Gasteiger partial charge < -0.3 is 20.8 Å². The van der Waals surface area contributed by atoms with Crippen LogP contribution in [0.3, 0.4) is 0 Å². The molecule has 0 aromatic rings. The zero-order valence-corrected chi connectivity index (χ0v) is 11.7. The highest BCUT2D eigenvalue weighted by atomic mass is 32.2. The number of aliphatic hydroxyl groups excluding tert-OH is 1. The van der Waals surface area contributed by atoms with Crippen LogP contribution in [0.2, 0.25) is 0 Å². The van der Waals surface area contributed by atoms with E-state index < -0.39 is 40.2 Å². The van der Waals surface area contributed by atoms with Crippen molar-refractivity contribution in [2.45, 2.75) is 25.4 Å². The number of amides is 2. The molecule has 1 atom stereocenters. The second-order valence-electron chi connectivity index (χ2n) is 4.66. The Bertz CT molecular complexity index is 433. The van der Waals surface area contributed by atoms with E-state index in [2.05, 4.69) is 10.0 Å². The molecular formula is C9H19N3O6S. The van der Waals surface area contributed by atoms with Crippen molar-refractivity contribution in [1.29, 1.82) is 0 Å². The first-order valence-electron chi connectivity index (χ1n) is 5.34. The second-order valence-corrected chi connectivity index (χ2v) is 6.41. The fraction of sp³-hybridized carbons (Fsp3) is 0.778. The van der Waals surface area contributed by atoms with Gasteiger partial charge in [-0.2, -0.15) is 0 Å². The van der Waals surface area contributed by atoms with Gasteiger partial charge in [0.2, 0.25) is 10.0 Å². The summed E-state index contributed by atoms with van der Waals surface area (Å²) in [4.78, 5) is 21.9. The molecule has 0 unspecified atom stereocenters. The standard InChI is InChI=1S/C9H19N3O6S/c1-9(2,12-19(3,17)18)5-10-8(16)11-6(4-13)7(14)15/h6,12-13H,4-5H2,1-3H3,(H,14,15)(H2,10,11,16)/t6-/m0/s1. The molecule has 0 bridgehead atoms. The number of carboxylic acid groups (broad SMARTS) is 1. The minimum Gasteiger partial charge on any atom is -0.480 e. The van der Waals surface area contributed by atoms with Gasteiger partial charge in [-0.15, -0.1) is 0 Å². The quantitative estimate of drug-likeness (QED) is 0.369. The molecule has 0 aliphatic rings. The molecule has 0 heterocycles. The number of nitrogens with one attached hydrogen (secondary N) is 3. The molecule has 10 heteroatoms. The summed E-state index contributed by atoms with van der Waals surface area (Å²) >= 11 is 0. The van der Waals surface area contributed by atoms with Gasteiger partial charge in [0.1, 0.15) is 0 Å². The lowest BCUT2D eigenvalue weighted by atomic mass is 10.1. The summed E-state index contributed by atoms with van der Waals surface area (Å²) in [5.41, 5.74) is -0.928. The Morgan fingerprint density at radius 1 is 1.32 bits per heavy atom. The predicted octanol–water partition coefficient (Wildman–Crippen LogP) is -1.94. The Morgan fingerprint density at radius 2 is 1.84 bits per heavy atom. The summed E-state index contributed by atoms with van der Waals surface area (Å²) < 4.78 is 24.4. The number of carbonyl (C=O) groups is 2. The van der Waals surface area contributed by atoms with Crippen LogP contribution in [0.4, 0.5) is 4.79 Å². The van der Waals surface area contributed by atoms with Crippen LogP contribution in [0.5, 0.6) is 0 Å². The minimum atomic E-state index is -3.43. The van der Waals surface area contributed by atoms with Crippen LogP contribution in [-0.2, 0) is 14.8 Å². The summed E-state index contributed by atoms with van der Waals surface area (Å²) in [5, 5.41) is 21.7. The summed E-state index contributed by atoms with van der Waals surface area (Å²) in [6, 6.07) is -2.23. The van der Waals surface area contributed by atoms with Gasteiger partial charge in [-0.3, -0.25) is 0 Å². The number of hydrogen-bond acceptors (Lipinski definition) is 5. The fourth-order valence-electron chi connectivity index (χ4n) is 1.23. The van der Waals surface area contributed by atoms with Gasteiger partial charge in [0.05, 0.1) is 12.9 Å². The average Bonchev–Trinajstić information content (AvgIpc) is 2.19. The summed E-state index contributed by atoms with van der Waals surface area (Å²) in [6.07, 6.45) is 0.987. The van der Waals surface area contributed by atoms with Crippen LogP contribution >= 0.6 is 0 Å². The monoisotopic (exact) mass is 297 g/mol. The largest absolute Gasteiger partial charge is 0.480 e. The zero-order chi connectivity index (χ0) is 15.3. The van der Waals surface area contributed by atoms with E-state index in [0.717, 1.165) is 6.26 Å². The van der Waals surface area contributed by atoms with Crippen molar-refractivity contribution in [3.63, 3.8) is 0 Å². The van der Waals surface area contributed by atoms with Crippen molar-refractivity contribution in [2.75, 3.05) is 19.4 Å². The van der Waals surface area contributed by atoms with E-state index in [9.17, 15) is 18.0 Å². The van der Waals surface area contributed by atoms with Crippen LogP contribution in [0.25, 0.3) is 0 Å². The van der Waals surface area contributed by atoms with Crippen molar-refractivity contribution in [3.05, 3.63) is 0 Å². The van der Waals surface area contributed by atoms with Crippen LogP contribution in [0.15, 0.2) is 0 Å². The highest BCUT2D eigenvalue weighted by molar-refractivity contribution is 7.88. The Balaban J connectivity index is 4.33. The maximum atomic E-state index is 11.4. The van der Waals surface area contributed by atoms with Gasteiger partial charge in [0.15, 0.2) is 6.04 Å². The molecule has 0 radical (unpaired) electrons. The molecule has 0 aliphatic carbocycles. The maximum absolute atomic E-state index is 11.4. The normalized spacial score (nSPS) is 13.7. The SMILES string of the molecule is CC(C)(CNC(=O)N[C@@H](CO)C(=O)O)NS(C)(=O)=O. The smallest absolute Gasteiger partial charge is 0.328 e. The Labute approximate surface area is 111 Å². The van der Waals surface area contributed by atoms with Crippen LogP contribution in [0, 0.1) is 0 Å². The molecule has 0 fully saturated rings. The fourth-order valence-corrected chi connectivity index (χ4v) is 2.31. The lowest BCUT2D eigenvalue weighted by molar-refractivity contribution is -0.140. The third-order valence-corrected chi connectivity index (χ3v) is 2.86. The lowest BCUT2D eigenvalue weighted by Crippen LogP contribution is -2.54. The predicted molar refractivity (Wildman–Crippen MR) is 67.1 cm³/mol. The number of aliphatic hydroxyl groups is 1. The number of carboxylic acids is 1. The van der Waals surface area contributed by atoms with Crippen molar-refractivity contribution >= 4 is 22.0 Å². The maximum Gasteiger partial charge on any atom is 0.328 e. The van der Waals surface area contributed by atoms with Crippen molar-refractivity contribution in [3.8, 4) is 0 Å². The number of carbonyl (C=O) groups excluding carboxylic acids is 1. The van der Waals surface area contributed by atoms with Crippen molar-refractivity contribution < 1.29 is 28.2 Å². The van der Waals surface area contributed by atoms with E-state index in [4.69, 9.17) is 10.2 Å². The van der Waals surface area contributed by atoms with Gasteiger partial charge in [-0.05, 0) is 13.8 Å². The molecule has 5 N–H and O–H groups in total. The molecule has 0 rings (SSSR count). The minimum absolute atomic E-state index is 0.0519. The first-order chi connectivity index (χ1) is 8.47. The number of aliphatic carboxylic acids is 1. The Hall–Kier alpha value is -1.39. The van der Waals surface area contributed by atoms with E-state index >= 15 is 0 Å². The highest BCUT2D eigenvalue weighted by Crippen LogP contribution is 2.01. The van der Waals surface area contributed by atoms with Gasteiger partial charge >= 0.3 is 12.0 Å². The second kappa shape index (κ2) is 6.68. The molecule has 0 saturated carbocycles. The molecule has 0 aromatic heterocycles. The number of hydrogen-bond donors (Lipinski definition) is 5. The Kier molecular flexibility index (Phi) is 6.19. The molecule has 0 spiro atoms. The van der Waals surface area contributed by atoms with Gasteiger partial charge in [0.25, 0.3) is 0 Å².